The molecule has 0 aliphatic heterocycles. The number of anilines is 1. The van der Waals surface area contributed by atoms with Crippen LogP contribution in [-0.2, 0) is 4.79 Å². The van der Waals surface area contributed by atoms with Crippen molar-refractivity contribution in [2.75, 3.05) is 11.9 Å². The summed E-state index contributed by atoms with van der Waals surface area (Å²) in [6.45, 7) is 0.107. The van der Waals surface area contributed by atoms with Crippen LogP contribution in [0.25, 0.3) is 0 Å². The molecule has 2 aromatic carbocycles. The fraction of sp³-hybridized carbons (Fsp3) is 0.0667. The van der Waals surface area contributed by atoms with Crippen LogP contribution in [0, 0.1) is 0 Å². The first-order chi connectivity index (χ1) is 10.5. The van der Waals surface area contributed by atoms with Gasteiger partial charge in [-0.25, -0.2) is 5.43 Å². The number of amides is 1. The van der Waals surface area contributed by atoms with Crippen LogP contribution in [0.1, 0.15) is 5.56 Å². The van der Waals surface area contributed by atoms with Crippen LogP contribution in [0.3, 0.4) is 0 Å². The Hall–Kier alpha value is -1.37. The number of nitrogens with zero attached hydrogens (tertiary/aromatic N) is 1. The Balaban J connectivity index is 1.83. The first-order valence-corrected chi connectivity index (χ1v) is 8.27. The van der Waals surface area contributed by atoms with Crippen molar-refractivity contribution < 1.29 is 4.79 Å². The van der Waals surface area contributed by atoms with Crippen molar-refractivity contribution in [3.8, 4) is 0 Å². The van der Waals surface area contributed by atoms with E-state index in [1.54, 1.807) is 24.4 Å². The molecule has 114 valence electrons. The molecule has 0 bridgehead atoms. The highest BCUT2D eigenvalue weighted by molar-refractivity contribution is 9.10. The fourth-order valence-corrected chi connectivity index (χ4v) is 2.85. The molecule has 0 saturated heterocycles. The van der Waals surface area contributed by atoms with Gasteiger partial charge in [-0.15, -0.1) is 0 Å². The molecule has 0 spiro atoms. The monoisotopic (exact) mass is 443 g/mol. The first-order valence-electron chi connectivity index (χ1n) is 6.31. The molecule has 0 heterocycles. The van der Waals surface area contributed by atoms with Crippen LogP contribution in [0.4, 0.5) is 5.69 Å². The molecule has 0 aromatic heterocycles. The van der Waals surface area contributed by atoms with E-state index in [9.17, 15) is 4.79 Å². The number of carbonyl (C=O) groups is 1. The molecular formula is C15H12Br2ClN3O. The first kappa shape index (κ1) is 17.0. The van der Waals surface area contributed by atoms with Crippen LogP contribution in [0.15, 0.2) is 56.5 Å². The number of benzene rings is 2. The number of halogens is 3. The summed E-state index contributed by atoms with van der Waals surface area (Å²) in [6, 6.07) is 12.9. The number of hydrogen-bond donors (Lipinski definition) is 2. The Morgan fingerprint density at radius 1 is 1.23 bits per heavy atom. The minimum absolute atomic E-state index is 0.107. The van der Waals surface area contributed by atoms with E-state index < -0.39 is 0 Å². The third-order valence-corrected chi connectivity index (χ3v) is 4.01. The zero-order valence-electron chi connectivity index (χ0n) is 11.3. The minimum Gasteiger partial charge on any atom is -0.375 e. The Morgan fingerprint density at radius 3 is 2.77 bits per heavy atom. The number of hydrogen-bond acceptors (Lipinski definition) is 3. The number of carbonyl (C=O) groups excluding carboxylic acids is 1. The second kappa shape index (κ2) is 8.31. The number of hydrazone groups is 1. The third-order valence-electron chi connectivity index (χ3n) is 2.62. The summed E-state index contributed by atoms with van der Waals surface area (Å²) in [6.07, 6.45) is 1.58. The van der Waals surface area contributed by atoms with Crippen molar-refractivity contribution in [1.82, 2.24) is 5.43 Å². The van der Waals surface area contributed by atoms with Crippen molar-refractivity contribution in [2.45, 2.75) is 0 Å². The van der Waals surface area contributed by atoms with Crippen LogP contribution in [-0.4, -0.2) is 18.7 Å². The second-order valence-corrected chi connectivity index (χ2v) is 6.53. The summed E-state index contributed by atoms with van der Waals surface area (Å²) in [5, 5.41) is 7.54. The second-order valence-electron chi connectivity index (χ2n) is 4.33. The van der Waals surface area contributed by atoms with E-state index in [4.69, 9.17) is 11.6 Å². The SMILES string of the molecule is O=C(CNc1ccc(Cl)cc1Br)NN=Cc1cccc(Br)c1. The van der Waals surface area contributed by atoms with Gasteiger partial charge in [0, 0.05) is 19.7 Å². The van der Waals surface area contributed by atoms with Gasteiger partial charge in [-0.3, -0.25) is 4.79 Å². The lowest BCUT2D eigenvalue weighted by atomic mass is 10.2. The quantitative estimate of drug-likeness (QED) is 0.529. The number of rotatable bonds is 5. The Labute approximate surface area is 150 Å². The van der Waals surface area contributed by atoms with Gasteiger partial charge in [-0.2, -0.15) is 5.10 Å². The van der Waals surface area contributed by atoms with E-state index in [0.29, 0.717) is 5.02 Å². The van der Waals surface area contributed by atoms with E-state index in [0.717, 1.165) is 20.2 Å². The normalized spacial score (nSPS) is 10.7. The predicted octanol–water partition coefficient (Wildman–Crippen LogP) is 4.43. The van der Waals surface area contributed by atoms with Gasteiger partial charge >= 0.3 is 0 Å². The van der Waals surface area contributed by atoms with Crippen molar-refractivity contribution in [3.05, 3.63) is 62.0 Å². The van der Waals surface area contributed by atoms with Crippen LogP contribution in [0.5, 0.6) is 0 Å². The standard InChI is InChI=1S/C15H12Br2ClN3O/c16-11-3-1-2-10(6-11)8-20-21-15(22)9-19-14-5-4-12(18)7-13(14)17/h1-8,19H,9H2,(H,21,22). The molecule has 2 rings (SSSR count). The highest BCUT2D eigenvalue weighted by atomic mass is 79.9. The summed E-state index contributed by atoms with van der Waals surface area (Å²) in [7, 11) is 0. The molecule has 0 fully saturated rings. The van der Waals surface area contributed by atoms with Crippen LogP contribution < -0.4 is 10.7 Å². The van der Waals surface area contributed by atoms with Gasteiger partial charge in [-0.1, -0.05) is 39.7 Å². The Morgan fingerprint density at radius 2 is 2.05 bits per heavy atom. The van der Waals surface area contributed by atoms with E-state index in [1.807, 2.05) is 24.3 Å². The molecule has 4 nitrogen and oxygen atoms in total. The smallest absolute Gasteiger partial charge is 0.259 e. The lowest BCUT2D eigenvalue weighted by Crippen LogP contribution is -2.26. The maximum atomic E-state index is 11.7. The van der Waals surface area contributed by atoms with Gasteiger partial charge in [0.2, 0.25) is 0 Å². The van der Waals surface area contributed by atoms with Crippen molar-refractivity contribution in [3.63, 3.8) is 0 Å². The molecule has 1 amide bonds. The summed E-state index contributed by atoms with van der Waals surface area (Å²) >= 11 is 12.6. The van der Waals surface area contributed by atoms with E-state index in [2.05, 4.69) is 47.7 Å². The average molecular weight is 446 g/mol. The molecule has 0 unspecified atom stereocenters. The Bertz CT molecular complexity index is 707. The van der Waals surface area contributed by atoms with Gasteiger partial charge < -0.3 is 5.32 Å². The van der Waals surface area contributed by atoms with Crippen molar-refractivity contribution >= 4 is 61.3 Å². The fourth-order valence-electron chi connectivity index (χ4n) is 1.61. The topological polar surface area (TPSA) is 53.5 Å². The minimum atomic E-state index is -0.243. The summed E-state index contributed by atoms with van der Waals surface area (Å²) < 4.78 is 1.75. The molecule has 0 aliphatic rings. The molecule has 2 N–H and O–H groups in total. The third kappa shape index (κ3) is 5.44. The highest BCUT2D eigenvalue weighted by Gasteiger charge is 2.03. The maximum Gasteiger partial charge on any atom is 0.259 e. The number of nitrogens with one attached hydrogen (secondary N) is 2. The molecule has 0 aliphatic carbocycles. The summed E-state index contributed by atoms with van der Waals surface area (Å²) in [4.78, 5) is 11.7. The van der Waals surface area contributed by atoms with Gasteiger partial charge in [0.1, 0.15) is 0 Å². The van der Waals surface area contributed by atoms with Gasteiger partial charge in [0.05, 0.1) is 12.8 Å². The zero-order valence-corrected chi connectivity index (χ0v) is 15.2. The molecule has 2 aromatic rings. The highest BCUT2D eigenvalue weighted by Crippen LogP contribution is 2.25. The molecular weight excluding hydrogens is 433 g/mol. The molecule has 0 radical (unpaired) electrons. The molecule has 7 heteroatoms. The van der Waals surface area contributed by atoms with Gasteiger partial charge in [-0.05, 0) is 51.8 Å². The van der Waals surface area contributed by atoms with Crippen LogP contribution in [0.2, 0.25) is 5.02 Å². The summed E-state index contributed by atoms with van der Waals surface area (Å²) in [5.41, 5.74) is 4.14. The predicted molar refractivity (Wildman–Crippen MR) is 97.5 cm³/mol. The van der Waals surface area contributed by atoms with Crippen molar-refractivity contribution in [2.24, 2.45) is 5.10 Å². The average Bonchev–Trinajstić information content (AvgIpc) is 2.46. The molecule has 22 heavy (non-hydrogen) atoms. The van der Waals surface area contributed by atoms with E-state index in [1.165, 1.54) is 0 Å². The zero-order chi connectivity index (χ0) is 15.9. The molecule has 0 atom stereocenters. The molecule has 0 saturated carbocycles. The van der Waals surface area contributed by atoms with Gasteiger partial charge in [0.25, 0.3) is 5.91 Å². The summed E-state index contributed by atoms with van der Waals surface area (Å²) in [5.74, 6) is -0.243. The maximum absolute atomic E-state index is 11.7. The van der Waals surface area contributed by atoms with Crippen LogP contribution >= 0.6 is 43.5 Å². The van der Waals surface area contributed by atoms with E-state index >= 15 is 0 Å². The van der Waals surface area contributed by atoms with E-state index in [-0.39, 0.29) is 12.5 Å². The van der Waals surface area contributed by atoms with Crippen molar-refractivity contribution in [1.29, 1.82) is 0 Å². The van der Waals surface area contributed by atoms with Gasteiger partial charge in [0.15, 0.2) is 0 Å². The lowest BCUT2D eigenvalue weighted by Gasteiger charge is -2.07. The Kier molecular flexibility index (Phi) is 6.42. The lowest BCUT2D eigenvalue weighted by molar-refractivity contribution is -0.119. The largest absolute Gasteiger partial charge is 0.375 e.